The second kappa shape index (κ2) is 3.37. The van der Waals surface area contributed by atoms with E-state index in [0.29, 0.717) is 25.7 Å². The first-order valence-electron chi connectivity index (χ1n) is 4.14. The molecule has 0 aromatic carbocycles. The van der Waals surface area contributed by atoms with Gasteiger partial charge in [-0.2, -0.15) is 8.78 Å². The zero-order valence-electron chi connectivity index (χ0n) is 6.69. The summed E-state index contributed by atoms with van der Waals surface area (Å²) in [5.41, 5.74) is 0. The Morgan fingerprint density at radius 2 is 1.75 bits per heavy atom. The van der Waals surface area contributed by atoms with Crippen LogP contribution in [0.2, 0.25) is 0 Å². The average Bonchev–Trinajstić information content (AvgIpc) is 2.06. The lowest BCUT2D eigenvalue weighted by atomic mass is 9.85. The number of carboxylic acids is 1. The molecule has 0 aromatic rings. The smallest absolute Gasteiger partial charge is 0.289 e. The van der Waals surface area contributed by atoms with Gasteiger partial charge in [0.15, 0.2) is 0 Å². The van der Waals surface area contributed by atoms with Crippen molar-refractivity contribution in [2.75, 3.05) is 0 Å². The van der Waals surface area contributed by atoms with E-state index in [0.717, 1.165) is 6.42 Å². The summed E-state index contributed by atoms with van der Waals surface area (Å²) in [6, 6.07) is 0. The van der Waals surface area contributed by atoms with E-state index in [9.17, 15) is 18.7 Å². The van der Waals surface area contributed by atoms with E-state index in [1.807, 2.05) is 0 Å². The van der Waals surface area contributed by atoms with E-state index < -0.39 is 17.8 Å². The Kier molecular flexibility index (Phi) is 2.65. The average molecular weight is 177 g/mol. The molecule has 70 valence electrons. The number of carbonyl (C=O) groups excluding carboxylic acids is 1. The fourth-order valence-corrected chi connectivity index (χ4v) is 1.63. The second-order valence-corrected chi connectivity index (χ2v) is 3.25. The van der Waals surface area contributed by atoms with Crippen LogP contribution in [0.5, 0.6) is 0 Å². The van der Waals surface area contributed by atoms with Crippen LogP contribution in [0.25, 0.3) is 0 Å². The number of alkyl halides is 2. The molecule has 0 spiro atoms. The fourth-order valence-electron chi connectivity index (χ4n) is 1.63. The highest BCUT2D eigenvalue weighted by Gasteiger charge is 2.41. The van der Waals surface area contributed by atoms with Gasteiger partial charge in [-0.05, 0) is 12.8 Å². The number of rotatable bonds is 2. The third-order valence-corrected chi connectivity index (χ3v) is 2.39. The Labute approximate surface area is 69.6 Å². The van der Waals surface area contributed by atoms with Crippen LogP contribution in [0.3, 0.4) is 0 Å². The first-order chi connectivity index (χ1) is 5.55. The van der Waals surface area contributed by atoms with E-state index in [1.165, 1.54) is 0 Å². The fraction of sp³-hybridized carbons (Fsp3) is 0.875. The SMILES string of the molecule is O=C([O-])C(F)(F)C1CCCCC1. The van der Waals surface area contributed by atoms with Crippen molar-refractivity contribution in [1.82, 2.24) is 0 Å². The summed E-state index contributed by atoms with van der Waals surface area (Å²) in [4.78, 5) is 10.1. The molecule has 0 aromatic heterocycles. The van der Waals surface area contributed by atoms with Gasteiger partial charge >= 0.3 is 0 Å². The predicted octanol–water partition coefficient (Wildman–Crippen LogP) is 0.952. The van der Waals surface area contributed by atoms with Crippen molar-refractivity contribution in [3.8, 4) is 0 Å². The molecule has 0 saturated heterocycles. The highest BCUT2D eigenvalue weighted by Crippen LogP contribution is 2.35. The predicted molar refractivity (Wildman–Crippen MR) is 36.5 cm³/mol. The van der Waals surface area contributed by atoms with Crippen LogP contribution >= 0.6 is 0 Å². The molecule has 1 fully saturated rings. The van der Waals surface area contributed by atoms with Crippen molar-refractivity contribution < 1.29 is 18.7 Å². The summed E-state index contributed by atoms with van der Waals surface area (Å²) in [6.07, 6.45) is 2.95. The minimum absolute atomic E-state index is 0.307. The minimum atomic E-state index is -3.62. The first kappa shape index (κ1) is 9.42. The maximum Gasteiger partial charge on any atom is 0.289 e. The van der Waals surface area contributed by atoms with E-state index in [4.69, 9.17) is 0 Å². The normalized spacial score (nSPS) is 20.8. The molecule has 1 saturated carbocycles. The van der Waals surface area contributed by atoms with Crippen LogP contribution < -0.4 is 5.11 Å². The third kappa shape index (κ3) is 1.73. The maximum absolute atomic E-state index is 12.8. The lowest BCUT2D eigenvalue weighted by Gasteiger charge is -2.30. The highest BCUT2D eigenvalue weighted by atomic mass is 19.3. The molecule has 0 unspecified atom stereocenters. The number of hydrogen-bond donors (Lipinski definition) is 0. The number of hydrogen-bond acceptors (Lipinski definition) is 2. The monoisotopic (exact) mass is 177 g/mol. The Balaban J connectivity index is 2.59. The summed E-state index contributed by atoms with van der Waals surface area (Å²) in [6.45, 7) is 0. The van der Waals surface area contributed by atoms with Crippen molar-refractivity contribution in [3.63, 3.8) is 0 Å². The molecular formula is C8H11F2O2-. The van der Waals surface area contributed by atoms with Gasteiger partial charge in [-0.15, -0.1) is 0 Å². The molecule has 2 nitrogen and oxygen atoms in total. The van der Waals surface area contributed by atoms with Gasteiger partial charge in [0, 0.05) is 5.92 Å². The molecule has 4 heteroatoms. The molecule has 1 aliphatic rings. The van der Waals surface area contributed by atoms with Crippen molar-refractivity contribution >= 4 is 5.97 Å². The maximum atomic E-state index is 12.8. The van der Waals surface area contributed by atoms with Crippen LogP contribution in [-0.2, 0) is 4.79 Å². The Morgan fingerprint density at radius 1 is 1.25 bits per heavy atom. The highest BCUT2D eigenvalue weighted by molar-refractivity contribution is 5.73. The van der Waals surface area contributed by atoms with Crippen LogP contribution in [0.15, 0.2) is 0 Å². The zero-order chi connectivity index (χ0) is 9.19. The number of carbonyl (C=O) groups is 1. The zero-order valence-corrected chi connectivity index (χ0v) is 6.69. The van der Waals surface area contributed by atoms with Gasteiger partial charge in [0.25, 0.3) is 5.92 Å². The molecule has 0 amide bonds. The molecule has 12 heavy (non-hydrogen) atoms. The largest absolute Gasteiger partial charge is 0.544 e. The van der Waals surface area contributed by atoms with Crippen molar-refractivity contribution in [2.45, 2.75) is 38.0 Å². The van der Waals surface area contributed by atoms with Gasteiger partial charge < -0.3 is 9.90 Å². The van der Waals surface area contributed by atoms with Gasteiger partial charge in [0.1, 0.15) is 5.97 Å². The molecule has 1 rings (SSSR count). The van der Waals surface area contributed by atoms with Crippen LogP contribution in [0, 0.1) is 5.92 Å². The van der Waals surface area contributed by atoms with Gasteiger partial charge in [0.05, 0.1) is 0 Å². The molecular weight excluding hydrogens is 166 g/mol. The number of halogens is 2. The van der Waals surface area contributed by atoms with Crippen LogP contribution in [0.4, 0.5) is 8.78 Å². The summed E-state index contributed by atoms with van der Waals surface area (Å²) in [5, 5.41) is 10.1. The van der Waals surface area contributed by atoms with Gasteiger partial charge in [-0.25, -0.2) is 0 Å². The van der Waals surface area contributed by atoms with Crippen molar-refractivity contribution in [3.05, 3.63) is 0 Å². The van der Waals surface area contributed by atoms with E-state index >= 15 is 0 Å². The first-order valence-corrected chi connectivity index (χ1v) is 4.14. The van der Waals surface area contributed by atoms with E-state index in [-0.39, 0.29) is 0 Å². The quantitative estimate of drug-likeness (QED) is 0.630. The molecule has 0 bridgehead atoms. The molecule has 1 aliphatic carbocycles. The molecule has 0 radical (unpaired) electrons. The standard InChI is InChI=1S/C8H12F2O2/c9-8(10,7(11)12)6-4-2-1-3-5-6/h6H,1-5H2,(H,11,12)/p-1. The molecule has 0 aliphatic heterocycles. The van der Waals surface area contributed by atoms with E-state index in [2.05, 4.69) is 0 Å². The van der Waals surface area contributed by atoms with Crippen LogP contribution in [-0.4, -0.2) is 11.9 Å². The molecule has 0 N–H and O–H groups in total. The van der Waals surface area contributed by atoms with Gasteiger partial charge in [0.2, 0.25) is 0 Å². The van der Waals surface area contributed by atoms with Gasteiger partial charge in [-0.1, -0.05) is 19.3 Å². The second-order valence-electron chi connectivity index (χ2n) is 3.25. The number of carboxylic acid groups (broad SMARTS) is 1. The Hall–Kier alpha value is -0.670. The summed E-state index contributed by atoms with van der Waals surface area (Å²) in [7, 11) is 0. The summed E-state index contributed by atoms with van der Waals surface area (Å²) < 4.78 is 25.5. The topological polar surface area (TPSA) is 40.1 Å². The van der Waals surface area contributed by atoms with Crippen molar-refractivity contribution in [2.24, 2.45) is 5.92 Å². The minimum Gasteiger partial charge on any atom is -0.544 e. The molecule has 0 heterocycles. The Bertz CT molecular complexity index is 174. The van der Waals surface area contributed by atoms with E-state index in [1.54, 1.807) is 0 Å². The lowest BCUT2D eigenvalue weighted by Crippen LogP contribution is -2.47. The van der Waals surface area contributed by atoms with Crippen LogP contribution in [0.1, 0.15) is 32.1 Å². The summed E-state index contributed by atoms with van der Waals surface area (Å²) >= 11 is 0. The van der Waals surface area contributed by atoms with Crippen molar-refractivity contribution in [1.29, 1.82) is 0 Å². The Morgan fingerprint density at radius 3 is 2.17 bits per heavy atom. The third-order valence-electron chi connectivity index (χ3n) is 2.39. The summed E-state index contributed by atoms with van der Waals surface area (Å²) in [5.74, 6) is -6.86. The lowest BCUT2D eigenvalue weighted by molar-refractivity contribution is -0.334. The number of aliphatic carboxylic acids is 1. The van der Waals surface area contributed by atoms with Gasteiger partial charge in [-0.3, -0.25) is 0 Å². The molecule has 0 atom stereocenters.